The fourth-order valence-electron chi connectivity index (χ4n) is 0.373. The zero-order valence-electron chi connectivity index (χ0n) is 5.82. The summed E-state index contributed by atoms with van der Waals surface area (Å²) in [5.74, 6) is -2.03. The molecule has 0 aromatic heterocycles. The van der Waals surface area contributed by atoms with Crippen molar-refractivity contribution in [3.8, 4) is 0 Å². The molecule has 0 aliphatic carbocycles. The molecule has 60 valence electrons. The van der Waals surface area contributed by atoms with E-state index >= 15 is 0 Å². The van der Waals surface area contributed by atoms with E-state index < -0.39 is 18.0 Å². The molecule has 0 amide bonds. The molecule has 0 radical (unpaired) electrons. The molecule has 0 aliphatic rings. The first-order valence-corrected chi connectivity index (χ1v) is 2.80. The Hall–Kier alpha value is -1.58. The third-order valence-electron chi connectivity index (χ3n) is 0.867. The van der Waals surface area contributed by atoms with Crippen molar-refractivity contribution in [3.63, 3.8) is 0 Å². The van der Waals surface area contributed by atoms with Gasteiger partial charge in [-0.3, -0.25) is 0 Å². The first kappa shape index (κ1) is 9.42. The normalized spacial score (nSPS) is 11.3. The maximum absolute atomic E-state index is 10.4. The van der Waals surface area contributed by atoms with Crippen LogP contribution in [0.5, 0.6) is 0 Å². The Balaban J connectivity index is 4.08. The second kappa shape index (κ2) is 4.27. The van der Waals surface area contributed by atoms with Gasteiger partial charge >= 0.3 is 11.9 Å². The lowest BCUT2D eigenvalue weighted by Gasteiger charge is -2.05. The Kier molecular flexibility index (Phi) is 3.66. The quantitative estimate of drug-likeness (QED) is 0.362. The number of aliphatic carboxylic acids is 1. The molecule has 11 heavy (non-hydrogen) atoms. The summed E-state index contributed by atoms with van der Waals surface area (Å²) in [6, 6.07) is 0. The van der Waals surface area contributed by atoms with Crippen LogP contribution in [0, 0.1) is 0 Å². The first-order valence-electron chi connectivity index (χ1n) is 2.80. The van der Waals surface area contributed by atoms with Crippen molar-refractivity contribution in [1.82, 2.24) is 0 Å². The summed E-state index contributed by atoms with van der Waals surface area (Å²) in [5.41, 5.74) is 0. The lowest BCUT2D eigenvalue weighted by atomic mass is 10.3. The molecule has 0 saturated carbocycles. The summed E-state index contributed by atoms with van der Waals surface area (Å²) in [6.45, 7) is 6.28. The van der Waals surface area contributed by atoms with Crippen molar-refractivity contribution in [2.24, 2.45) is 0 Å². The third kappa shape index (κ3) is 3.20. The molecule has 0 aliphatic heterocycles. The van der Waals surface area contributed by atoms with Crippen molar-refractivity contribution < 1.29 is 19.4 Å². The largest absolute Gasteiger partial charge is 0.478 e. The van der Waals surface area contributed by atoms with Gasteiger partial charge in [-0.15, -0.1) is 0 Å². The summed E-state index contributed by atoms with van der Waals surface area (Å²) in [5, 5.41) is 8.33. The van der Waals surface area contributed by atoms with Gasteiger partial charge in [-0.1, -0.05) is 13.2 Å². The second-order valence-corrected chi connectivity index (χ2v) is 1.64. The molecule has 0 fully saturated rings. The zero-order chi connectivity index (χ0) is 8.85. The highest BCUT2D eigenvalue weighted by molar-refractivity contribution is 5.85. The third-order valence-corrected chi connectivity index (χ3v) is 0.867. The summed E-state index contributed by atoms with van der Waals surface area (Å²) in [7, 11) is 0. The van der Waals surface area contributed by atoms with Crippen molar-refractivity contribution in [2.75, 3.05) is 0 Å². The molecule has 0 spiro atoms. The molecule has 0 aromatic rings. The SMILES string of the molecule is C=CC(=O)OC(C=C)C(=O)O. The fourth-order valence-corrected chi connectivity index (χ4v) is 0.373. The topological polar surface area (TPSA) is 63.6 Å². The van der Waals surface area contributed by atoms with Gasteiger partial charge in [0.15, 0.2) is 0 Å². The molecule has 1 N–H and O–H groups in total. The summed E-state index contributed by atoms with van der Waals surface area (Å²) in [4.78, 5) is 20.6. The highest BCUT2D eigenvalue weighted by Crippen LogP contribution is 1.94. The van der Waals surface area contributed by atoms with Crippen LogP contribution in [0.1, 0.15) is 0 Å². The molecule has 0 saturated heterocycles. The predicted molar refractivity (Wildman–Crippen MR) is 37.9 cm³/mol. The molecule has 0 rings (SSSR count). The lowest BCUT2D eigenvalue weighted by Crippen LogP contribution is -2.23. The summed E-state index contributed by atoms with van der Waals surface area (Å²) >= 11 is 0. The molecule has 4 nitrogen and oxygen atoms in total. The first-order chi connectivity index (χ1) is 5.11. The van der Waals surface area contributed by atoms with Crippen LogP contribution in [-0.2, 0) is 14.3 Å². The summed E-state index contributed by atoms with van der Waals surface area (Å²) in [6.07, 6.45) is 0.615. The molecule has 0 heterocycles. The Morgan fingerprint density at radius 3 is 2.27 bits per heavy atom. The number of hydrogen-bond acceptors (Lipinski definition) is 3. The number of carboxylic acids is 1. The number of ether oxygens (including phenoxy) is 1. The molecule has 1 atom stereocenters. The standard InChI is InChI=1S/C7H8O4/c1-3-5(7(9)10)11-6(8)4-2/h3-5H,1-2H2,(H,9,10). The van der Waals surface area contributed by atoms with Crippen LogP contribution in [0.15, 0.2) is 25.3 Å². The van der Waals surface area contributed by atoms with Crippen molar-refractivity contribution in [1.29, 1.82) is 0 Å². The molecule has 0 aromatic carbocycles. The lowest BCUT2D eigenvalue weighted by molar-refractivity contribution is -0.157. The Morgan fingerprint density at radius 2 is 2.00 bits per heavy atom. The Bertz CT molecular complexity index is 195. The molecule has 1 unspecified atom stereocenters. The summed E-state index contributed by atoms with van der Waals surface area (Å²) < 4.78 is 4.34. The van der Waals surface area contributed by atoms with E-state index in [-0.39, 0.29) is 0 Å². The Morgan fingerprint density at radius 1 is 1.45 bits per heavy atom. The van der Waals surface area contributed by atoms with Gasteiger partial charge in [0.05, 0.1) is 0 Å². The zero-order valence-corrected chi connectivity index (χ0v) is 5.82. The number of esters is 1. The number of carboxylic acid groups (broad SMARTS) is 1. The van der Waals surface area contributed by atoms with Crippen molar-refractivity contribution in [3.05, 3.63) is 25.3 Å². The van der Waals surface area contributed by atoms with Crippen LogP contribution in [0.25, 0.3) is 0 Å². The Labute approximate surface area is 63.8 Å². The van der Waals surface area contributed by atoms with Crippen LogP contribution in [-0.4, -0.2) is 23.1 Å². The van der Waals surface area contributed by atoms with Crippen LogP contribution >= 0.6 is 0 Å². The van der Waals surface area contributed by atoms with Crippen LogP contribution in [0.3, 0.4) is 0 Å². The average Bonchev–Trinajstić information content (AvgIpc) is 1.99. The maximum atomic E-state index is 10.4. The fraction of sp³-hybridized carbons (Fsp3) is 0.143. The minimum atomic E-state index is -1.29. The highest BCUT2D eigenvalue weighted by atomic mass is 16.6. The van der Waals surface area contributed by atoms with E-state index in [2.05, 4.69) is 17.9 Å². The second-order valence-electron chi connectivity index (χ2n) is 1.64. The van der Waals surface area contributed by atoms with Gasteiger partial charge in [0.1, 0.15) is 0 Å². The van der Waals surface area contributed by atoms with Crippen LogP contribution in [0.2, 0.25) is 0 Å². The van der Waals surface area contributed by atoms with E-state index in [4.69, 9.17) is 5.11 Å². The minimum absolute atomic E-state index is 0.780. The van der Waals surface area contributed by atoms with Crippen LogP contribution < -0.4 is 0 Å². The van der Waals surface area contributed by atoms with E-state index in [1.54, 1.807) is 0 Å². The number of carbonyl (C=O) groups excluding carboxylic acids is 1. The van der Waals surface area contributed by atoms with Gasteiger partial charge in [-0.25, -0.2) is 9.59 Å². The smallest absolute Gasteiger partial charge is 0.349 e. The van der Waals surface area contributed by atoms with Gasteiger partial charge in [0.25, 0.3) is 0 Å². The maximum Gasteiger partial charge on any atom is 0.349 e. The van der Waals surface area contributed by atoms with Gasteiger partial charge < -0.3 is 9.84 Å². The van der Waals surface area contributed by atoms with E-state index in [0.29, 0.717) is 0 Å². The number of rotatable bonds is 4. The van der Waals surface area contributed by atoms with E-state index in [1.165, 1.54) is 0 Å². The molecule has 4 heteroatoms. The monoisotopic (exact) mass is 156 g/mol. The van der Waals surface area contributed by atoms with Gasteiger partial charge in [0, 0.05) is 6.08 Å². The number of carbonyl (C=O) groups is 2. The van der Waals surface area contributed by atoms with Gasteiger partial charge in [-0.05, 0) is 6.08 Å². The van der Waals surface area contributed by atoms with Gasteiger partial charge in [0.2, 0.25) is 6.10 Å². The predicted octanol–water partition coefficient (Wildman–Crippen LogP) is 0.355. The van der Waals surface area contributed by atoms with Crippen molar-refractivity contribution in [2.45, 2.75) is 6.10 Å². The minimum Gasteiger partial charge on any atom is -0.478 e. The molecular formula is C7H8O4. The van der Waals surface area contributed by atoms with E-state index in [1.807, 2.05) is 0 Å². The van der Waals surface area contributed by atoms with Crippen LogP contribution in [0.4, 0.5) is 0 Å². The average molecular weight is 156 g/mol. The molecular weight excluding hydrogens is 148 g/mol. The van der Waals surface area contributed by atoms with Gasteiger partial charge in [-0.2, -0.15) is 0 Å². The van der Waals surface area contributed by atoms with E-state index in [0.717, 1.165) is 12.2 Å². The molecule has 0 bridgehead atoms. The number of hydrogen-bond donors (Lipinski definition) is 1. The van der Waals surface area contributed by atoms with Crippen molar-refractivity contribution >= 4 is 11.9 Å². The van der Waals surface area contributed by atoms with E-state index in [9.17, 15) is 9.59 Å². The highest BCUT2D eigenvalue weighted by Gasteiger charge is 2.15.